The Kier molecular flexibility index (Phi) is 7.48. The third-order valence-corrected chi connectivity index (χ3v) is 5.37. The first-order valence-electron chi connectivity index (χ1n) is 6.47. The fraction of sp³-hybridized carbons (Fsp3) is 1.00. The number of halogens is 1. The average Bonchev–Trinajstić information content (AvgIpc) is 2.56. The summed E-state index contributed by atoms with van der Waals surface area (Å²) in [5.74, 6) is 0.708. The number of hydrogen-bond donors (Lipinski definition) is 1. The van der Waals surface area contributed by atoms with Gasteiger partial charge in [-0.05, 0) is 25.8 Å². The van der Waals surface area contributed by atoms with Crippen LogP contribution in [0.1, 0.15) is 19.3 Å². The largest absolute Gasteiger partial charge is 0.395 e. The van der Waals surface area contributed by atoms with Crippen molar-refractivity contribution >= 4 is 21.6 Å². The van der Waals surface area contributed by atoms with E-state index in [1.54, 1.807) is 4.31 Å². The molecule has 1 aliphatic heterocycles. The second-order valence-corrected chi connectivity index (χ2v) is 7.00. The Morgan fingerprint density at radius 3 is 2.56 bits per heavy atom. The predicted molar refractivity (Wildman–Crippen MR) is 73.5 cm³/mol. The molecule has 0 aromatic carbocycles. The van der Waals surface area contributed by atoms with Crippen LogP contribution in [0.2, 0.25) is 0 Å². The Balaban J connectivity index is 2.45. The Bertz CT molecular complexity index is 324. The SMILES string of the molecule is O=S(=O)(CCCCCl)N1CCCN(CCO)CC1. The molecule has 1 fully saturated rings. The zero-order chi connectivity index (χ0) is 13.4. The molecule has 0 spiro atoms. The zero-order valence-electron chi connectivity index (χ0n) is 10.7. The molecule has 108 valence electrons. The molecule has 18 heavy (non-hydrogen) atoms. The van der Waals surface area contributed by atoms with E-state index in [-0.39, 0.29) is 12.4 Å². The molecule has 0 amide bonds. The summed E-state index contributed by atoms with van der Waals surface area (Å²) in [6, 6.07) is 0. The van der Waals surface area contributed by atoms with E-state index in [1.807, 2.05) is 0 Å². The number of nitrogens with zero attached hydrogens (tertiary/aromatic N) is 2. The molecule has 1 saturated heterocycles. The van der Waals surface area contributed by atoms with Crippen molar-refractivity contribution in [2.45, 2.75) is 19.3 Å². The normalized spacial score (nSPS) is 19.9. The number of rotatable bonds is 7. The second kappa shape index (κ2) is 8.32. The third-order valence-electron chi connectivity index (χ3n) is 3.14. The second-order valence-electron chi connectivity index (χ2n) is 4.53. The van der Waals surface area contributed by atoms with Gasteiger partial charge in [0.2, 0.25) is 10.0 Å². The maximum atomic E-state index is 12.1. The number of aliphatic hydroxyl groups excluding tert-OH is 1. The van der Waals surface area contributed by atoms with E-state index in [2.05, 4.69) is 4.90 Å². The summed E-state index contributed by atoms with van der Waals surface area (Å²) < 4.78 is 25.8. The molecule has 1 aliphatic rings. The van der Waals surface area contributed by atoms with Crippen molar-refractivity contribution in [1.82, 2.24) is 9.21 Å². The third kappa shape index (κ3) is 5.40. The summed E-state index contributed by atoms with van der Waals surface area (Å²) in [4.78, 5) is 2.11. The van der Waals surface area contributed by atoms with Crippen LogP contribution in [0.15, 0.2) is 0 Å². The maximum absolute atomic E-state index is 12.1. The van der Waals surface area contributed by atoms with Crippen molar-refractivity contribution in [3.05, 3.63) is 0 Å². The minimum atomic E-state index is -3.13. The molecule has 5 nitrogen and oxygen atoms in total. The number of unbranched alkanes of at least 4 members (excludes halogenated alkanes) is 1. The van der Waals surface area contributed by atoms with Crippen LogP contribution in [0.3, 0.4) is 0 Å². The molecular weight excluding hydrogens is 276 g/mol. The monoisotopic (exact) mass is 298 g/mol. The van der Waals surface area contributed by atoms with E-state index < -0.39 is 10.0 Å². The molecule has 1 N–H and O–H groups in total. The lowest BCUT2D eigenvalue weighted by molar-refractivity contribution is 0.202. The highest BCUT2D eigenvalue weighted by Crippen LogP contribution is 2.10. The number of β-amino-alcohol motifs (C(OH)–C–C–N with tert-alkyl or cyclic N) is 1. The van der Waals surface area contributed by atoms with Crippen LogP contribution in [0.5, 0.6) is 0 Å². The van der Waals surface area contributed by atoms with E-state index in [1.165, 1.54) is 0 Å². The summed E-state index contributed by atoms with van der Waals surface area (Å²) in [6.45, 7) is 3.43. The highest BCUT2D eigenvalue weighted by Gasteiger charge is 2.24. The van der Waals surface area contributed by atoms with Crippen LogP contribution in [-0.4, -0.2) is 73.7 Å². The van der Waals surface area contributed by atoms with Crippen LogP contribution in [0.4, 0.5) is 0 Å². The van der Waals surface area contributed by atoms with Gasteiger partial charge < -0.3 is 5.11 Å². The van der Waals surface area contributed by atoms with Gasteiger partial charge in [0.05, 0.1) is 12.4 Å². The van der Waals surface area contributed by atoms with Crippen molar-refractivity contribution in [1.29, 1.82) is 0 Å². The zero-order valence-corrected chi connectivity index (χ0v) is 12.3. The minimum Gasteiger partial charge on any atom is -0.395 e. The van der Waals surface area contributed by atoms with Crippen LogP contribution >= 0.6 is 11.6 Å². The van der Waals surface area contributed by atoms with Crippen molar-refractivity contribution < 1.29 is 13.5 Å². The molecule has 0 unspecified atom stereocenters. The lowest BCUT2D eigenvalue weighted by Crippen LogP contribution is -2.37. The van der Waals surface area contributed by atoms with Crippen molar-refractivity contribution in [3.63, 3.8) is 0 Å². The fourth-order valence-electron chi connectivity index (χ4n) is 2.10. The molecule has 0 aromatic rings. The van der Waals surface area contributed by atoms with Gasteiger partial charge in [-0.25, -0.2) is 12.7 Å². The number of hydrogen-bond acceptors (Lipinski definition) is 4. The maximum Gasteiger partial charge on any atom is 0.214 e. The topological polar surface area (TPSA) is 60.9 Å². The summed E-state index contributed by atoms with van der Waals surface area (Å²) in [5, 5.41) is 8.89. The quantitative estimate of drug-likeness (QED) is 0.544. The standard InChI is InChI=1S/C11H23ClN2O3S/c12-4-1-2-11-18(16,17)14-6-3-5-13(7-8-14)9-10-15/h15H,1-11H2. The van der Waals surface area contributed by atoms with E-state index in [9.17, 15) is 8.42 Å². The van der Waals surface area contributed by atoms with Gasteiger partial charge in [-0.15, -0.1) is 11.6 Å². The summed E-state index contributed by atoms with van der Waals surface area (Å²) in [7, 11) is -3.13. The first kappa shape index (κ1) is 16.2. The Hall–Kier alpha value is 0.120. The van der Waals surface area contributed by atoms with Gasteiger partial charge in [0.25, 0.3) is 0 Å². The van der Waals surface area contributed by atoms with E-state index in [0.29, 0.717) is 38.5 Å². The highest BCUT2D eigenvalue weighted by molar-refractivity contribution is 7.89. The molecular formula is C11H23ClN2O3S. The number of aliphatic hydroxyl groups is 1. The molecule has 0 bridgehead atoms. The molecule has 1 rings (SSSR count). The van der Waals surface area contributed by atoms with Gasteiger partial charge >= 0.3 is 0 Å². The smallest absolute Gasteiger partial charge is 0.214 e. The average molecular weight is 299 g/mol. The van der Waals surface area contributed by atoms with Crippen LogP contribution in [0, 0.1) is 0 Å². The Labute approximate surface area is 115 Å². The van der Waals surface area contributed by atoms with E-state index in [0.717, 1.165) is 19.4 Å². The minimum absolute atomic E-state index is 0.127. The predicted octanol–water partition coefficient (Wildman–Crippen LogP) is 0.335. The van der Waals surface area contributed by atoms with Crippen LogP contribution in [-0.2, 0) is 10.0 Å². The fourth-order valence-corrected chi connectivity index (χ4v) is 3.88. The summed E-state index contributed by atoms with van der Waals surface area (Å²) >= 11 is 5.56. The van der Waals surface area contributed by atoms with E-state index >= 15 is 0 Å². The van der Waals surface area contributed by atoms with Crippen molar-refractivity contribution in [3.8, 4) is 0 Å². The van der Waals surface area contributed by atoms with Gasteiger partial charge in [-0.3, -0.25) is 4.90 Å². The number of sulfonamides is 1. The molecule has 0 radical (unpaired) electrons. The Morgan fingerprint density at radius 1 is 1.11 bits per heavy atom. The van der Waals surface area contributed by atoms with E-state index in [4.69, 9.17) is 16.7 Å². The Morgan fingerprint density at radius 2 is 1.89 bits per heavy atom. The number of alkyl halides is 1. The van der Waals surface area contributed by atoms with Crippen molar-refractivity contribution in [2.24, 2.45) is 0 Å². The highest BCUT2D eigenvalue weighted by atomic mass is 35.5. The van der Waals surface area contributed by atoms with Gasteiger partial charge in [0.15, 0.2) is 0 Å². The van der Waals surface area contributed by atoms with Gasteiger partial charge in [0.1, 0.15) is 0 Å². The lowest BCUT2D eigenvalue weighted by Gasteiger charge is -2.21. The van der Waals surface area contributed by atoms with Crippen molar-refractivity contribution in [2.75, 3.05) is 51.0 Å². The van der Waals surface area contributed by atoms with Gasteiger partial charge in [-0.1, -0.05) is 0 Å². The first-order valence-corrected chi connectivity index (χ1v) is 8.61. The summed E-state index contributed by atoms with van der Waals surface area (Å²) in [5.41, 5.74) is 0. The molecule has 1 heterocycles. The molecule has 7 heteroatoms. The van der Waals surface area contributed by atoms with Gasteiger partial charge in [0, 0.05) is 32.1 Å². The molecule has 0 saturated carbocycles. The lowest BCUT2D eigenvalue weighted by atomic mass is 10.4. The molecule has 0 atom stereocenters. The molecule has 0 aromatic heterocycles. The first-order chi connectivity index (χ1) is 8.60. The van der Waals surface area contributed by atoms with Crippen LogP contribution in [0.25, 0.3) is 0 Å². The van der Waals surface area contributed by atoms with Gasteiger partial charge in [-0.2, -0.15) is 0 Å². The van der Waals surface area contributed by atoms with Crippen LogP contribution < -0.4 is 0 Å². The summed E-state index contributed by atoms with van der Waals surface area (Å²) in [6.07, 6.45) is 2.20. The molecule has 0 aliphatic carbocycles.